The summed E-state index contributed by atoms with van der Waals surface area (Å²) < 4.78 is 77.9. The average Bonchev–Trinajstić information content (AvgIpc) is 3.30. The summed E-state index contributed by atoms with van der Waals surface area (Å²) in [5.74, 6) is -2.34. The van der Waals surface area contributed by atoms with Crippen molar-refractivity contribution in [1.82, 2.24) is 25.0 Å². The van der Waals surface area contributed by atoms with E-state index in [-0.39, 0.29) is 30.1 Å². The van der Waals surface area contributed by atoms with E-state index in [0.717, 1.165) is 12.5 Å². The van der Waals surface area contributed by atoms with Crippen LogP contribution in [0.25, 0.3) is 11.2 Å². The van der Waals surface area contributed by atoms with Gasteiger partial charge >= 0.3 is 12.2 Å². The Bertz CT molecular complexity index is 1100. The second-order valence-corrected chi connectivity index (χ2v) is 7.43. The fourth-order valence-electron chi connectivity index (χ4n) is 3.25. The molecule has 3 heterocycles. The van der Waals surface area contributed by atoms with Crippen LogP contribution >= 0.6 is 0 Å². The SMILES string of the molecule is COc1ccc(Cn2nnc3c(N4CCC(F)(F)C4)nc(OC(C)C(F)(F)F)nc32)cc1. The molecule has 0 N–H and O–H groups in total. The van der Waals surface area contributed by atoms with E-state index in [2.05, 4.69) is 20.3 Å². The first kappa shape index (κ1) is 22.0. The molecule has 13 heteroatoms. The summed E-state index contributed by atoms with van der Waals surface area (Å²) in [5.41, 5.74) is 0.963. The molecule has 1 aliphatic rings. The summed E-state index contributed by atoms with van der Waals surface area (Å²) in [7, 11) is 1.53. The molecule has 2 aromatic heterocycles. The molecule has 1 aliphatic heterocycles. The van der Waals surface area contributed by atoms with E-state index in [9.17, 15) is 22.0 Å². The van der Waals surface area contributed by atoms with Crippen LogP contribution in [0.1, 0.15) is 18.9 Å². The van der Waals surface area contributed by atoms with Crippen molar-refractivity contribution in [3.8, 4) is 11.8 Å². The molecule has 172 valence electrons. The first-order valence-corrected chi connectivity index (χ1v) is 9.66. The van der Waals surface area contributed by atoms with Gasteiger partial charge in [0.15, 0.2) is 23.1 Å². The molecule has 1 saturated heterocycles. The Hall–Kier alpha value is -3.25. The standard InChI is InChI=1S/C19H19F5N6O2/c1-11(19(22,23)24)32-17-25-15(29-8-7-18(20,21)10-29)14-16(26-17)30(28-27-14)9-12-3-5-13(31-2)6-4-12/h3-6,11H,7-10H2,1-2H3. The molecule has 1 atom stereocenters. The molecular weight excluding hydrogens is 439 g/mol. The van der Waals surface area contributed by atoms with Crippen LogP contribution in [-0.2, 0) is 6.54 Å². The minimum absolute atomic E-state index is 0.0429. The van der Waals surface area contributed by atoms with Crippen LogP contribution in [0.3, 0.4) is 0 Å². The lowest BCUT2D eigenvalue weighted by atomic mass is 10.2. The highest BCUT2D eigenvalue weighted by atomic mass is 19.4. The normalized spacial score (nSPS) is 17.0. The van der Waals surface area contributed by atoms with Crippen molar-refractivity contribution >= 4 is 17.0 Å². The van der Waals surface area contributed by atoms with Crippen LogP contribution < -0.4 is 14.4 Å². The molecule has 0 spiro atoms. The van der Waals surface area contributed by atoms with Crippen LogP contribution in [0.4, 0.5) is 27.8 Å². The molecule has 8 nitrogen and oxygen atoms in total. The Morgan fingerprint density at radius 1 is 1.16 bits per heavy atom. The topological polar surface area (TPSA) is 78.2 Å². The van der Waals surface area contributed by atoms with Crippen molar-refractivity contribution in [1.29, 1.82) is 0 Å². The van der Waals surface area contributed by atoms with Crippen LogP contribution in [0, 0.1) is 0 Å². The Balaban J connectivity index is 1.74. The van der Waals surface area contributed by atoms with Gasteiger partial charge in [-0.05, 0) is 24.6 Å². The fourth-order valence-corrected chi connectivity index (χ4v) is 3.25. The number of anilines is 1. The minimum Gasteiger partial charge on any atom is -0.497 e. The van der Waals surface area contributed by atoms with Crippen LogP contribution in [0.5, 0.6) is 11.8 Å². The van der Waals surface area contributed by atoms with Gasteiger partial charge in [-0.15, -0.1) is 5.10 Å². The molecule has 32 heavy (non-hydrogen) atoms. The number of ether oxygens (including phenoxy) is 2. The number of hydrogen-bond donors (Lipinski definition) is 0. The van der Waals surface area contributed by atoms with Crippen LogP contribution in [-0.4, -0.2) is 63.4 Å². The number of alkyl halides is 5. The number of fused-ring (bicyclic) bond motifs is 1. The van der Waals surface area contributed by atoms with E-state index in [4.69, 9.17) is 9.47 Å². The summed E-state index contributed by atoms with van der Waals surface area (Å²) in [5, 5.41) is 8.02. The Morgan fingerprint density at radius 3 is 2.47 bits per heavy atom. The predicted octanol–water partition coefficient (Wildman–Crippen LogP) is 3.45. The quantitative estimate of drug-likeness (QED) is 0.524. The molecule has 0 amide bonds. The van der Waals surface area contributed by atoms with Crippen molar-refractivity contribution in [3.05, 3.63) is 29.8 Å². The van der Waals surface area contributed by atoms with E-state index in [1.165, 1.54) is 16.7 Å². The van der Waals surface area contributed by atoms with Crippen molar-refractivity contribution in [3.63, 3.8) is 0 Å². The lowest BCUT2D eigenvalue weighted by molar-refractivity contribution is -0.190. The number of rotatable bonds is 6. The maximum Gasteiger partial charge on any atom is 0.425 e. The van der Waals surface area contributed by atoms with E-state index in [0.29, 0.717) is 5.75 Å². The highest BCUT2D eigenvalue weighted by molar-refractivity contribution is 5.83. The monoisotopic (exact) mass is 458 g/mol. The van der Waals surface area contributed by atoms with Crippen LogP contribution in [0.2, 0.25) is 0 Å². The van der Waals surface area contributed by atoms with Gasteiger partial charge < -0.3 is 14.4 Å². The number of nitrogens with zero attached hydrogens (tertiary/aromatic N) is 6. The number of methoxy groups -OCH3 is 1. The van der Waals surface area contributed by atoms with Gasteiger partial charge in [0.1, 0.15) is 5.75 Å². The van der Waals surface area contributed by atoms with Crippen molar-refractivity contribution in [2.24, 2.45) is 0 Å². The Labute approximate surface area is 178 Å². The number of hydrogen-bond acceptors (Lipinski definition) is 7. The molecule has 1 fully saturated rings. The maximum atomic E-state index is 13.8. The largest absolute Gasteiger partial charge is 0.497 e. The van der Waals surface area contributed by atoms with Gasteiger partial charge in [-0.25, -0.2) is 13.5 Å². The molecule has 3 aromatic rings. The summed E-state index contributed by atoms with van der Waals surface area (Å²) in [6.07, 6.45) is -7.26. The molecule has 0 radical (unpaired) electrons. The lowest BCUT2D eigenvalue weighted by Crippen LogP contribution is -2.32. The van der Waals surface area contributed by atoms with Crippen molar-refractivity contribution < 1.29 is 31.4 Å². The zero-order chi connectivity index (χ0) is 23.1. The number of halogens is 5. The number of aromatic nitrogens is 5. The molecule has 0 saturated carbocycles. The first-order valence-electron chi connectivity index (χ1n) is 9.66. The summed E-state index contributed by atoms with van der Waals surface area (Å²) in [6.45, 7) is 0.308. The van der Waals surface area contributed by atoms with Gasteiger partial charge in [0.25, 0.3) is 5.92 Å². The molecule has 1 aromatic carbocycles. The third-order valence-corrected chi connectivity index (χ3v) is 5.03. The Morgan fingerprint density at radius 2 is 1.88 bits per heavy atom. The van der Waals surface area contributed by atoms with Gasteiger partial charge in [-0.1, -0.05) is 17.3 Å². The second-order valence-electron chi connectivity index (χ2n) is 7.43. The summed E-state index contributed by atoms with van der Waals surface area (Å²) >= 11 is 0. The third-order valence-electron chi connectivity index (χ3n) is 5.03. The minimum atomic E-state index is -4.65. The van der Waals surface area contributed by atoms with E-state index in [1.54, 1.807) is 24.3 Å². The zero-order valence-corrected chi connectivity index (χ0v) is 17.1. The predicted molar refractivity (Wildman–Crippen MR) is 103 cm³/mol. The molecule has 0 bridgehead atoms. The van der Waals surface area contributed by atoms with E-state index < -0.39 is 37.2 Å². The summed E-state index contributed by atoms with van der Waals surface area (Å²) in [4.78, 5) is 9.28. The highest BCUT2D eigenvalue weighted by Crippen LogP contribution is 2.34. The third kappa shape index (κ3) is 4.50. The number of benzene rings is 1. The van der Waals surface area contributed by atoms with Gasteiger partial charge in [-0.2, -0.15) is 23.1 Å². The van der Waals surface area contributed by atoms with Crippen molar-refractivity contribution in [2.45, 2.75) is 38.1 Å². The second kappa shape index (κ2) is 8.02. The molecular formula is C19H19F5N6O2. The molecule has 1 unspecified atom stereocenters. The van der Waals surface area contributed by atoms with Crippen molar-refractivity contribution in [2.75, 3.05) is 25.1 Å². The van der Waals surface area contributed by atoms with Gasteiger partial charge in [-0.3, -0.25) is 0 Å². The van der Waals surface area contributed by atoms with Gasteiger partial charge in [0.05, 0.1) is 20.2 Å². The zero-order valence-electron chi connectivity index (χ0n) is 17.1. The average molecular weight is 458 g/mol. The highest BCUT2D eigenvalue weighted by Gasteiger charge is 2.41. The van der Waals surface area contributed by atoms with Gasteiger partial charge in [0, 0.05) is 13.0 Å². The molecule has 0 aliphatic carbocycles. The molecule has 4 rings (SSSR count). The smallest absolute Gasteiger partial charge is 0.425 e. The first-order chi connectivity index (χ1) is 15.1. The Kier molecular flexibility index (Phi) is 5.51. The lowest BCUT2D eigenvalue weighted by Gasteiger charge is -2.20. The van der Waals surface area contributed by atoms with E-state index >= 15 is 0 Å². The van der Waals surface area contributed by atoms with Gasteiger partial charge in [0.2, 0.25) is 0 Å². The van der Waals surface area contributed by atoms with E-state index in [1.807, 2.05) is 0 Å². The maximum absolute atomic E-state index is 13.8. The van der Waals surface area contributed by atoms with Crippen LogP contribution in [0.15, 0.2) is 24.3 Å². The fraction of sp³-hybridized carbons (Fsp3) is 0.474. The summed E-state index contributed by atoms with van der Waals surface area (Å²) in [6, 6.07) is 6.43.